The van der Waals surface area contributed by atoms with Gasteiger partial charge in [0.1, 0.15) is 0 Å². The molecule has 0 fully saturated rings. The third-order valence-corrected chi connectivity index (χ3v) is 6.99. The van der Waals surface area contributed by atoms with Gasteiger partial charge in [-0.15, -0.1) is 16.4 Å². The van der Waals surface area contributed by atoms with Gasteiger partial charge < -0.3 is 0 Å². The molecule has 0 unspecified atom stereocenters. The van der Waals surface area contributed by atoms with E-state index in [9.17, 15) is 4.79 Å². The molecule has 0 aliphatic carbocycles. The Labute approximate surface area is 195 Å². The molecule has 4 aromatic rings. The highest BCUT2D eigenvalue weighted by Gasteiger charge is 2.20. The topological polar surface area (TPSA) is 76.8 Å². The van der Waals surface area contributed by atoms with Gasteiger partial charge in [0.15, 0.2) is 5.13 Å². The quantitative estimate of drug-likeness (QED) is 0.359. The fraction of sp³-hybridized carbons (Fsp3) is 0.261. The van der Waals surface area contributed by atoms with E-state index in [4.69, 9.17) is 4.98 Å². The number of amides is 1. The number of tetrazole rings is 1. The van der Waals surface area contributed by atoms with Gasteiger partial charge in [0.05, 0.1) is 17.1 Å². The Morgan fingerprint density at radius 2 is 1.88 bits per heavy atom. The number of benzene rings is 2. The normalized spacial score (nSPS) is 11.0. The van der Waals surface area contributed by atoms with Crippen LogP contribution in [0.1, 0.15) is 34.9 Å². The largest absolute Gasteiger partial charge is 0.274 e. The first-order valence-corrected chi connectivity index (χ1v) is 12.0. The van der Waals surface area contributed by atoms with Crippen molar-refractivity contribution in [2.45, 2.75) is 45.5 Å². The summed E-state index contributed by atoms with van der Waals surface area (Å²) < 4.78 is 1.74. The highest BCUT2D eigenvalue weighted by atomic mass is 32.2. The van der Waals surface area contributed by atoms with Crippen LogP contribution in [0.25, 0.3) is 5.69 Å². The fourth-order valence-electron chi connectivity index (χ4n) is 3.36. The highest BCUT2D eigenvalue weighted by Crippen LogP contribution is 2.33. The minimum atomic E-state index is -0.0656. The number of thioether (sulfide) groups is 1. The van der Waals surface area contributed by atoms with Crippen LogP contribution in [0, 0.1) is 27.7 Å². The molecule has 2 aromatic heterocycles. The third-order valence-electron chi connectivity index (χ3n) is 5.16. The SMILES string of the molecule is CC(=O)N(c1nc(CSc2nnnn2-c2ccc(C)c(C)c2)cs1)c1ccc(C)cc1C. The van der Waals surface area contributed by atoms with Crippen molar-refractivity contribution in [3.8, 4) is 5.69 Å². The Kier molecular flexibility index (Phi) is 6.38. The summed E-state index contributed by atoms with van der Waals surface area (Å²) in [6.45, 7) is 9.77. The number of rotatable bonds is 6. The first-order chi connectivity index (χ1) is 15.3. The molecule has 2 heterocycles. The van der Waals surface area contributed by atoms with E-state index in [1.54, 1.807) is 16.5 Å². The lowest BCUT2D eigenvalue weighted by atomic mass is 10.1. The maximum atomic E-state index is 12.4. The van der Waals surface area contributed by atoms with Gasteiger partial charge in [-0.25, -0.2) is 4.98 Å². The Morgan fingerprint density at radius 3 is 2.59 bits per heavy atom. The van der Waals surface area contributed by atoms with Crippen LogP contribution in [-0.2, 0) is 10.5 Å². The van der Waals surface area contributed by atoms with Crippen LogP contribution >= 0.6 is 23.1 Å². The number of carbonyl (C=O) groups is 1. The van der Waals surface area contributed by atoms with Crippen LogP contribution in [-0.4, -0.2) is 31.1 Å². The van der Waals surface area contributed by atoms with Crippen molar-refractivity contribution in [2.24, 2.45) is 0 Å². The number of thiazole rings is 1. The molecule has 9 heteroatoms. The summed E-state index contributed by atoms with van der Waals surface area (Å²) in [5.74, 6) is 0.532. The second-order valence-electron chi connectivity index (χ2n) is 7.70. The van der Waals surface area contributed by atoms with Crippen molar-refractivity contribution in [3.05, 3.63) is 69.7 Å². The number of nitrogens with zero attached hydrogens (tertiary/aromatic N) is 6. The Balaban J connectivity index is 1.53. The second-order valence-corrected chi connectivity index (χ2v) is 9.48. The summed E-state index contributed by atoms with van der Waals surface area (Å²) in [6, 6.07) is 12.2. The van der Waals surface area contributed by atoms with Crippen LogP contribution in [0.3, 0.4) is 0 Å². The number of aryl methyl sites for hydroxylation is 4. The number of carbonyl (C=O) groups excluding carboxylic acids is 1. The van der Waals surface area contributed by atoms with Crippen molar-refractivity contribution < 1.29 is 4.79 Å². The third kappa shape index (κ3) is 4.58. The van der Waals surface area contributed by atoms with Gasteiger partial charge in [-0.1, -0.05) is 35.5 Å². The zero-order valence-corrected chi connectivity index (χ0v) is 20.3. The van der Waals surface area contributed by atoms with Crippen LogP contribution < -0.4 is 4.90 Å². The predicted molar refractivity (Wildman–Crippen MR) is 129 cm³/mol. The molecule has 0 atom stereocenters. The van der Waals surface area contributed by atoms with Crippen LogP contribution in [0.5, 0.6) is 0 Å². The Bertz CT molecular complexity index is 1280. The highest BCUT2D eigenvalue weighted by molar-refractivity contribution is 7.98. The van der Waals surface area contributed by atoms with Crippen LogP contribution in [0.4, 0.5) is 10.8 Å². The molecule has 0 aliphatic rings. The van der Waals surface area contributed by atoms with Crippen molar-refractivity contribution in [3.63, 3.8) is 0 Å². The summed E-state index contributed by atoms with van der Waals surface area (Å²) >= 11 is 2.97. The molecule has 0 saturated heterocycles. The molecule has 0 radical (unpaired) electrons. The second kappa shape index (κ2) is 9.22. The van der Waals surface area contributed by atoms with Gasteiger partial charge in [0.2, 0.25) is 11.1 Å². The molecule has 0 N–H and O–H groups in total. The van der Waals surface area contributed by atoms with Gasteiger partial charge in [-0.3, -0.25) is 9.69 Å². The maximum absolute atomic E-state index is 12.4. The lowest BCUT2D eigenvalue weighted by Crippen LogP contribution is -2.23. The van der Waals surface area contributed by atoms with E-state index in [0.29, 0.717) is 16.0 Å². The molecule has 0 aliphatic heterocycles. The lowest BCUT2D eigenvalue weighted by molar-refractivity contribution is -0.115. The number of anilines is 2. The monoisotopic (exact) mass is 464 g/mol. The standard InChI is InChI=1S/C23H24N6OS2/c1-14-6-9-21(17(4)10-14)28(18(5)30)22-24-19(12-31-22)13-32-23-25-26-27-29(23)20-8-7-15(2)16(3)11-20/h6-12H,13H2,1-5H3. The predicted octanol–water partition coefficient (Wildman–Crippen LogP) is 5.33. The van der Waals surface area contributed by atoms with E-state index >= 15 is 0 Å². The van der Waals surface area contributed by atoms with Crippen molar-refractivity contribution in [1.82, 2.24) is 25.2 Å². The first kappa shape index (κ1) is 22.2. The summed E-state index contributed by atoms with van der Waals surface area (Å²) in [6.07, 6.45) is 0. The van der Waals surface area contributed by atoms with Crippen molar-refractivity contribution in [2.75, 3.05) is 4.90 Å². The van der Waals surface area contributed by atoms with Gasteiger partial charge in [0.25, 0.3) is 0 Å². The molecule has 32 heavy (non-hydrogen) atoms. The molecule has 4 rings (SSSR count). The fourth-order valence-corrected chi connectivity index (χ4v) is 5.12. The van der Waals surface area contributed by atoms with Gasteiger partial charge in [0, 0.05) is 18.1 Å². The average molecular weight is 465 g/mol. The summed E-state index contributed by atoms with van der Waals surface area (Å²) in [5, 5.41) is 15.5. The Hall–Kier alpha value is -3.04. The van der Waals surface area contributed by atoms with E-state index in [2.05, 4.69) is 47.6 Å². The number of aromatic nitrogens is 5. The summed E-state index contributed by atoms with van der Waals surface area (Å²) in [4.78, 5) is 18.8. The average Bonchev–Trinajstić information content (AvgIpc) is 3.40. The number of hydrogen-bond acceptors (Lipinski definition) is 7. The molecule has 7 nitrogen and oxygen atoms in total. The van der Waals surface area contributed by atoms with E-state index in [0.717, 1.165) is 28.2 Å². The molecule has 2 aromatic carbocycles. The minimum absolute atomic E-state index is 0.0656. The van der Waals surface area contributed by atoms with E-state index in [1.165, 1.54) is 34.2 Å². The number of hydrogen-bond donors (Lipinski definition) is 0. The van der Waals surface area contributed by atoms with Crippen LogP contribution in [0.15, 0.2) is 46.9 Å². The molecular weight excluding hydrogens is 440 g/mol. The van der Waals surface area contributed by atoms with Gasteiger partial charge >= 0.3 is 0 Å². The summed E-state index contributed by atoms with van der Waals surface area (Å²) in [7, 11) is 0. The van der Waals surface area contributed by atoms with Gasteiger partial charge in [-0.2, -0.15) is 4.68 Å². The molecule has 0 spiro atoms. The van der Waals surface area contributed by atoms with Crippen LogP contribution in [0.2, 0.25) is 0 Å². The van der Waals surface area contributed by atoms with E-state index < -0.39 is 0 Å². The van der Waals surface area contributed by atoms with E-state index in [-0.39, 0.29) is 5.91 Å². The lowest BCUT2D eigenvalue weighted by Gasteiger charge is -2.20. The smallest absolute Gasteiger partial charge is 0.230 e. The molecular formula is C23H24N6OS2. The first-order valence-electron chi connectivity index (χ1n) is 10.1. The summed E-state index contributed by atoms with van der Waals surface area (Å²) in [5.41, 5.74) is 7.28. The molecule has 164 valence electrons. The molecule has 0 saturated carbocycles. The van der Waals surface area contributed by atoms with Crippen molar-refractivity contribution >= 4 is 39.8 Å². The zero-order valence-electron chi connectivity index (χ0n) is 18.7. The zero-order chi connectivity index (χ0) is 22.8. The van der Waals surface area contributed by atoms with E-state index in [1.807, 2.05) is 37.4 Å². The molecule has 0 bridgehead atoms. The van der Waals surface area contributed by atoms with Crippen molar-refractivity contribution in [1.29, 1.82) is 0 Å². The molecule has 1 amide bonds. The maximum Gasteiger partial charge on any atom is 0.230 e. The van der Waals surface area contributed by atoms with Gasteiger partial charge in [-0.05, 0) is 73.0 Å². The Morgan fingerprint density at radius 1 is 1.06 bits per heavy atom. The minimum Gasteiger partial charge on any atom is -0.274 e.